The minimum Gasteiger partial charge on any atom is -0.301 e. The van der Waals surface area contributed by atoms with Crippen molar-refractivity contribution in [2.45, 2.75) is 51.6 Å². The number of aromatic amines is 1. The number of nitrogens with one attached hydrogen (secondary N) is 1. The van der Waals surface area contributed by atoms with Gasteiger partial charge in [-0.2, -0.15) is 11.8 Å². The Morgan fingerprint density at radius 1 is 1.16 bits per heavy atom. The Bertz CT molecular complexity index is 432. The summed E-state index contributed by atoms with van der Waals surface area (Å²) in [7, 11) is 0. The predicted octanol–water partition coefficient (Wildman–Crippen LogP) is 3.66. The maximum Gasteiger partial charge on any atom is 0.254 e. The Morgan fingerprint density at radius 3 is 2.58 bits per heavy atom. The molecule has 0 aliphatic carbocycles. The highest BCUT2D eigenvalue weighted by Gasteiger charge is 2.08. The molecule has 0 saturated heterocycles. The molecule has 0 fully saturated rings. The molecule has 3 nitrogen and oxygen atoms in total. The van der Waals surface area contributed by atoms with Crippen LogP contribution in [0.25, 0.3) is 0 Å². The average Bonchev–Trinajstić information content (AvgIpc) is 2.38. The molecule has 0 atom stereocenters. The van der Waals surface area contributed by atoms with Crippen LogP contribution in [0.1, 0.15) is 44.4 Å². The van der Waals surface area contributed by atoms with Gasteiger partial charge in [0.15, 0.2) is 5.16 Å². The second-order valence-electron chi connectivity index (χ2n) is 4.50. The number of thioether (sulfide) groups is 2. The van der Waals surface area contributed by atoms with E-state index >= 15 is 0 Å². The van der Waals surface area contributed by atoms with E-state index in [0.29, 0.717) is 0 Å². The zero-order chi connectivity index (χ0) is 14.1. The molecule has 19 heavy (non-hydrogen) atoms. The van der Waals surface area contributed by atoms with Crippen LogP contribution in [0.3, 0.4) is 0 Å². The molecular weight excluding hydrogens is 276 g/mol. The summed E-state index contributed by atoms with van der Waals surface area (Å²) >= 11 is 3.54. The molecule has 108 valence electrons. The van der Waals surface area contributed by atoms with E-state index in [0.717, 1.165) is 40.8 Å². The van der Waals surface area contributed by atoms with E-state index in [-0.39, 0.29) is 5.56 Å². The Kier molecular flexibility index (Phi) is 8.30. The van der Waals surface area contributed by atoms with Gasteiger partial charge in [0.05, 0.1) is 0 Å². The molecular formula is C14H24N2OS2. The maximum absolute atomic E-state index is 12.0. The third-order valence-corrected chi connectivity index (χ3v) is 4.93. The smallest absolute Gasteiger partial charge is 0.254 e. The van der Waals surface area contributed by atoms with Gasteiger partial charge in [0.2, 0.25) is 0 Å². The average molecular weight is 300 g/mol. The van der Waals surface area contributed by atoms with Gasteiger partial charge in [-0.05, 0) is 37.7 Å². The normalized spacial score (nSPS) is 10.9. The van der Waals surface area contributed by atoms with Crippen LogP contribution >= 0.6 is 23.5 Å². The molecule has 1 aromatic heterocycles. The summed E-state index contributed by atoms with van der Waals surface area (Å²) in [5.41, 5.74) is 1.78. The van der Waals surface area contributed by atoms with Crippen LogP contribution in [-0.2, 0) is 6.42 Å². The zero-order valence-corrected chi connectivity index (χ0v) is 13.8. The summed E-state index contributed by atoms with van der Waals surface area (Å²) in [6, 6.07) is 0. The fourth-order valence-electron chi connectivity index (χ4n) is 1.67. The SMILES string of the molecule is CCCCSCCc1c(C)nc(SCCC)[nH]c1=O. The van der Waals surface area contributed by atoms with Gasteiger partial charge in [0.25, 0.3) is 5.56 Å². The molecule has 0 amide bonds. The molecule has 0 aliphatic rings. The topological polar surface area (TPSA) is 45.8 Å². The monoisotopic (exact) mass is 300 g/mol. The number of hydrogen-bond acceptors (Lipinski definition) is 4. The molecule has 0 unspecified atom stereocenters. The molecule has 1 heterocycles. The number of unbranched alkanes of at least 4 members (excludes halogenated alkanes) is 1. The first-order chi connectivity index (χ1) is 9.19. The van der Waals surface area contributed by atoms with Crippen molar-refractivity contribution >= 4 is 23.5 Å². The molecule has 5 heteroatoms. The molecule has 0 saturated carbocycles. The molecule has 0 spiro atoms. The van der Waals surface area contributed by atoms with Gasteiger partial charge in [0.1, 0.15) is 0 Å². The number of nitrogens with zero attached hydrogens (tertiary/aromatic N) is 1. The Hall–Kier alpha value is -0.420. The first-order valence-corrected chi connectivity index (χ1v) is 9.13. The summed E-state index contributed by atoms with van der Waals surface area (Å²) in [4.78, 5) is 19.4. The summed E-state index contributed by atoms with van der Waals surface area (Å²) in [6.45, 7) is 6.27. The van der Waals surface area contributed by atoms with Crippen LogP contribution in [0.4, 0.5) is 0 Å². The van der Waals surface area contributed by atoms with Gasteiger partial charge in [-0.15, -0.1) is 0 Å². The molecule has 1 N–H and O–H groups in total. The second kappa shape index (κ2) is 9.48. The van der Waals surface area contributed by atoms with Crippen molar-refractivity contribution in [2.24, 2.45) is 0 Å². The van der Waals surface area contributed by atoms with Crippen molar-refractivity contribution in [1.29, 1.82) is 0 Å². The largest absolute Gasteiger partial charge is 0.301 e. The third kappa shape index (κ3) is 6.04. The van der Waals surface area contributed by atoms with Crippen molar-refractivity contribution in [2.75, 3.05) is 17.3 Å². The lowest BCUT2D eigenvalue weighted by molar-refractivity contribution is 0.858. The van der Waals surface area contributed by atoms with Gasteiger partial charge >= 0.3 is 0 Å². The molecule has 1 aromatic rings. The van der Waals surface area contributed by atoms with E-state index in [4.69, 9.17) is 0 Å². The van der Waals surface area contributed by atoms with Gasteiger partial charge in [-0.25, -0.2) is 4.98 Å². The van der Waals surface area contributed by atoms with Crippen molar-refractivity contribution in [3.05, 3.63) is 21.6 Å². The van der Waals surface area contributed by atoms with E-state index < -0.39 is 0 Å². The number of hydrogen-bond donors (Lipinski definition) is 1. The Labute approximate surface area is 124 Å². The zero-order valence-electron chi connectivity index (χ0n) is 12.1. The summed E-state index contributed by atoms with van der Waals surface area (Å²) in [6.07, 6.45) is 4.40. The molecule has 0 bridgehead atoms. The highest BCUT2D eigenvalue weighted by molar-refractivity contribution is 7.99. The molecule has 0 aliphatic heterocycles. The lowest BCUT2D eigenvalue weighted by Gasteiger charge is -2.06. The van der Waals surface area contributed by atoms with Crippen LogP contribution in [0, 0.1) is 6.92 Å². The lowest BCUT2D eigenvalue weighted by atomic mass is 10.2. The van der Waals surface area contributed by atoms with Crippen LogP contribution in [-0.4, -0.2) is 27.2 Å². The molecule has 1 rings (SSSR count). The second-order valence-corrected chi connectivity index (χ2v) is 6.81. The van der Waals surface area contributed by atoms with E-state index in [1.807, 2.05) is 18.7 Å². The Morgan fingerprint density at radius 2 is 1.95 bits per heavy atom. The number of aromatic nitrogens is 2. The van der Waals surface area contributed by atoms with Crippen molar-refractivity contribution in [1.82, 2.24) is 9.97 Å². The molecule has 0 aromatic carbocycles. The number of H-pyrrole nitrogens is 1. The van der Waals surface area contributed by atoms with Gasteiger partial charge in [-0.1, -0.05) is 32.0 Å². The summed E-state index contributed by atoms with van der Waals surface area (Å²) < 4.78 is 0. The third-order valence-electron chi connectivity index (χ3n) is 2.78. The van der Waals surface area contributed by atoms with Crippen LogP contribution in [0.2, 0.25) is 0 Å². The van der Waals surface area contributed by atoms with Crippen molar-refractivity contribution < 1.29 is 0 Å². The highest BCUT2D eigenvalue weighted by Crippen LogP contribution is 2.14. The van der Waals surface area contributed by atoms with Crippen molar-refractivity contribution in [3.8, 4) is 0 Å². The van der Waals surface area contributed by atoms with Gasteiger partial charge in [-0.3, -0.25) is 4.79 Å². The fourth-order valence-corrected chi connectivity index (χ4v) is 3.48. The number of aryl methyl sites for hydroxylation is 1. The van der Waals surface area contributed by atoms with E-state index in [9.17, 15) is 4.79 Å². The minimum absolute atomic E-state index is 0.0437. The maximum atomic E-state index is 12.0. The van der Waals surface area contributed by atoms with E-state index in [1.165, 1.54) is 18.6 Å². The number of rotatable bonds is 9. The fraction of sp³-hybridized carbons (Fsp3) is 0.714. The van der Waals surface area contributed by atoms with Crippen molar-refractivity contribution in [3.63, 3.8) is 0 Å². The van der Waals surface area contributed by atoms with Gasteiger partial charge < -0.3 is 4.98 Å². The predicted molar refractivity (Wildman–Crippen MR) is 86.5 cm³/mol. The summed E-state index contributed by atoms with van der Waals surface area (Å²) in [5.74, 6) is 3.19. The van der Waals surface area contributed by atoms with E-state index in [2.05, 4.69) is 23.8 Å². The standard InChI is InChI=1S/C14H24N2OS2/c1-4-6-9-18-10-7-12-11(3)15-14(16-13(12)17)19-8-5-2/h4-10H2,1-3H3,(H,15,16,17). The first-order valence-electron chi connectivity index (χ1n) is 6.99. The minimum atomic E-state index is 0.0437. The van der Waals surface area contributed by atoms with E-state index in [1.54, 1.807) is 11.8 Å². The first kappa shape index (κ1) is 16.6. The van der Waals surface area contributed by atoms with Crippen LogP contribution < -0.4 is 5.56 Å². The van der Waals surface area contributed by atoms with Crippen LogP contribution in [0.15, 0.2) is 9.95 Å². The highest BCUT2D eigenvalue weighted by atomic mass is 32.2. The van der Waals surface area contributed by atoms with Crippen LogP contribution in [0.5, 0.6) is 0 Å². The quantitative estimate of drug-likeness (QED) is 0.429. The summed E-state index contributed by atoms with van der Waals surface area (Å²) in [5, 5.41) is 0.756. The molecule has 0 radical (unpaired) electrons. The lowest BCUT2D eigenvalue weighted by Crippen LogP contribution is -2.18. The van der Waals surface area contributed by atoms with Gasteiger partial charge in [0, 0.05) is 17.0 Å². The Balaban J connectivity index is 2.56.